The van der Waals surface area contributed by atoms with Crippen LogP contribution < -0.4 is 5.32 Å². The van der Waals surface area contributed by atoms with E-state index >= 15 is 0 Å². The molecule has 0 aliphatic heterocycles. The molecular formula is C21H19Cl2N5O3S. The summed E-state index contributed by atoms with van der Waals surface area (Å²) < 4.78 is 7.54. The van der Waals surface area contributed by atoms with Gasteiger partial charge in [0.15, 0.2) is 0 Å². The van der Waals surface area contributed by atoms with Gasteiger partial charge in [0.2, 0.25) is 5.16 Å². The van der Waals surface area contributed by atoms with E-state index in [-0.39, 0.29) is 18.0 Å². The molecule has 0 saturated heterocycles. The quantitative estimate of drug-likeness (QED) is 0.259. The number of carboxylic acid groups (broad SMARTS) is 1. The van der Waals surface area contributed by atoms with Gasteiger partial charge in [-0.05, 0) is 52.9 Å². The predicted octanol–water partition coefficient (Wildman–Crippen LogP) is 4.58. The van der Waals surface area contributed by atoms with Crippen molar-refractivity contribution in [3.8, 4) is 17.0 Å². The van der Waals surface area contributed by atoms with Gasteiger partial charge in [-0.25, -0.2) is 4.79 Å². The topological polar surface area (TPSA) is 106 Å². The molecule has 4 rings (SSSR count). The number of furan rings is 1. The molecule has 32 heavy (non-hydrogen) atoms. The molecular weight excluding hydrogens is 473 g/mol. The number of carbonyl (C=O) groups is 1. The number of tetrazole rings is 1. The van der Waals surface area contributed by atoms with E-state index in [0.717, 1.165) is 28.9 Å². The van der Waals surface area contributed by atoms with Gasteiger partial charge in [-0.2, -0.15) is 4.68 Å². The lowest BCUT2D eigenvalue weighted by molar-refractivity contribution is 0.0697. The van der Waals surface area contributed by atoms with Crippen molar-refractivity contribution in [2.24, 2.45) is 0 Å². The molecule has 0 aliphatic carbocycles. The second-order valence-corrected chi connectivity index (χ2v) is 7.97. The van der Waals surface area contributed by atoms with Gasteiger partial charge >= 0.3 is 5.97 Å². The first kappa shape index (κ1) is 23.8. The van der Waals surface area contributed by atoms with Crippen LogP contribution in [0.5, 0.6) is 0 Å². The molecule has 2 aromatic carbocycles. The Morgan fingerprint density at radius 2 is 1.97 bits per heavy atom. The van der Waals surface area contributed by atoms with Crippen LogP contribution in [0.15, 0.2) is 70.2 Å². The first-order valence-electron chi connectivity index (χ1n) is 9.41. The summed E-state index contributed by atoms with van der Waals surface area (Å²) in [6.07, 6.45) is 0. The van der Waals surface area contributed by atoms with E-state index in [1.54, 1.807) is 28.6 Å². The van der Waals surface area contributed by atoms with E-state index in [0.29, 0.717) is 22.9 Å². The monoisotopic (exact) mass is 491 g/mol. The van der Waals surface area contributed by atoms with Crippen molar-refractivity contribution in [2.45, 2.75) is 11.7 Å². The molecule has 0 atom stereocenters. The number of aromatic nitrogens is 4. The van der Waals surface area contributed by atoms with Gasteiger partial charge in [-0.15, -0.1) is 17.5 Å². The van der Waals surface area contributed by atoms with Crippen LogP contribution in [0, 0.1) is 0 Å². The van der Waals surface area contributed by atoms with E-state index in [9.17, 15) is 4.79 Å². The Hall–Kier alpha value is -2.85. The summed E-state index contributed by atoms with van der Waals surface area (Å²) in [5, 5.41) is 25.5. The molecule has 0 unspecified atom stereocenters. The third kappa shape index (κ3) is 5.68. The van der Waals surface area contributed by atoms with Crippen LogP contribution in [-0.4, -0.2) is 43.6 Å². The summed E-state index contributed by atoms with van der Waals surface area (Å²) in [5.74, 6) is 1.02. The average Bonchev–Trinajstić information content (AvgIpc) is 3.44. The number of nitrogens with zero attached hydrogens (tertiary/aromatic N) is 4. The lowest BCUT2D eigenvalue weighted by atomic mass is 10.1. The third-order valence-electron chi connectivity index (χ3n) is 4.39. The fourth-order valence-corrected chi connectivity index (χ4v) is 3.89. The maximum atomic E-state index is 11.2. The molecule has 0 saturated carbocycles. The number of hydrogen-bond acceptors (Lipinski definition) is 7. The number of aromatic carboxylic acids is 1. The summed E-state index contributed by atoms with van der Waals surface area (Å²) in [6, 6.07) is 17.9. The number of carboxylic acids is 1. The second kappa shape index (κ2) is 11.1. The van der Waals surface area contributed by atoms with Crippen molar-refractivity contribution >= 4 is 41.7 Å². The first-order chi connectivity index (χ1) is 15.1. The van der Waals surface area contributed by atoms with Crippen LogP contribution in [-0.2, 0) is 6.54 Å². The Kier molecular flexibility index (Phi) is 8.29. The molecule has 0 spiro atoms. The molecule has 2 N–H and O–H groups in total. The Labute approximate surface area is 199 Å². The minimum absolute atomic E-state index is 0. The molecule has 0 radical (unpaired) electrons. The normalized spacial score (nSPS) is 10.7. The highest BCUT2D eigenvalue weighted by Gasteiger charge is 2.13. The smallest absolute Gasteiger partial charge is 0.335 e. The molecule has 8 nitrogen and oxygen atoms in total. The highest BCUT2D eigenvalue weighted by molar-refractivity contribution is 7.99. The fraction of sp³-hybridized carbons (Fsp3) is 0.143. The standard InChI is InChI=1S/C21H18ClN5O3S.ClH/c22-18-8-6-14(20(28)29)12-17(18)19-9-7-16(30-19)13-23-10-11-31-21-24-25-26-27(21)15-4-2-1-3-5-15;/h1-9,12,23H,10-11,13H2,(H,28,29);1H. The highest BCUT2D eigenvalue weighted by atomic mass is 35.5. The number of halogens is 2. The first-order valence-corrected chi connectivity index (χ1v) is 10.8. The van der Waals surface area contributed by atoms with E-state index in [2.05, 4.69) is 20.8 Å². The number of hydrogen-bond donors (Lipinski definition) is 2. The molecule has 0 fully saturated rings. The molecule has 166 valence electrons. The van der Waals surface area contributed by atoms with Crippen LogP contribution in [0.25, 0.3) is 17.0 Å². The Balaban J connectivity index is 0.00000289. The maximum absolute atomic E-state index is 11.2. The van der Waals surface area contributed by atoms with Crippen molar-refractivity contribution in [3.63, 3.8) is 0 Å². The zero-order chi connectivity index (χ0) is 21.6. The van der Waals surface area contributed by atoms with Crippen LogP contribution in [0.3, 0.4) is 0 Å². The summed E-state index contributed by atoms with van der Waals surface area (Å²) in [6.45, 7) is 1.25. The Morgan fingerprint density at radius 3 is 2.75 bits per heavy atom. The largest absolute Gasteiger partial charge is 0.478 e. The zero-order valence-corrected chi connectivity index (χ0v) is 19.0. The van der Waals surface area contributed by atoms with Gasteiger partial charge in [0.25, 0.3) is 0 Å². The Morgan fingerprint density at radius 1 is 1.16 bits per heavy atom. The third-order valence-corrected chi connectivity index (χ3v) is 5.64. The summed E-state index contributed by atoms with van der Waals surface area (Å²) >= 11 is 7.76. The van der Waals surface area contributed by atoms with Gasteiger partial charge in [0.1, 0.15) is 11.5 Å². The van der Waals surface area contributed by atoms with Gasteiger partial charge in [0, 0.05) is 17.9 Å². The Bertz CT molecular complexity index is 1180. The van der Waals surface area contributed by atoms with Crippen molar-refractivity contribution in [2.75, 3.05) is 12.3 Å². The van der Waals surface area contributed by atoms with Crippen LogP contribution in [0.2, 0.25) is 5.02 Å². The molecule has 4 aromatic rings. The van der Waals surface area contributed by atoms with E-state index in [1.807, 2.05) is 36.4 Å². The highest BCUT2D eigenvalue weighted by Crippen LogP contribution is 2.30. The fourth-order valence-electron chi connectivity index (χ4n) is 2.89. The van der Waals surface area contributed by atoms with E-state index in [1.165, 1.54) is 12.1 Å². The lowest BCUT2D eigenvalue weighted by Gasteiger charge is -2.05. The van der Waals surface area contributed by atoms with Crippen molar-refractivity contribution in [1.82, 2.24) is 25.5 Å². The number of rotatable bonds is 9. The molecule has 0 aliphatic rings. The van der Waals surface area contributed by atoms with Crippen LogP contribution in [0.4, 0.5) is 0 Å². The van der Waals surface area contributed by atoms with Crippen LogP contribution >= 0.6 is 35.8 Å². The van der Waals surface area contributed by atoms with E-state index in [4.69, 9.17) is 21.1 Å². The molecule has 0 bridgehead atoms. The van der Waals surface area contributed by atoms with Gasteiger partial charge in [-0.3, -0.25) is 0 Å². The zero-order valence-electron chi connectivity index (χ0n) is 16.6. The summed E-state index contributed by atoms with van der Waals surface area (Å²) in [5.41, 5.74) is 1.62. The lowest BCUT2D eigenvalue weighted by Crippen LogP contribution is -2.16. The van der Waals surface area contributed by atoms with Gasteiger partial charge in [0.05, 0.1) is 22.8 Å². The SMILES string of the molecule is Cl.O=C(O)c1ccc(Cl)c(-c2ccc(CNCCSc3nnnn3-c3ccccc3)o2)c1. The van der Waals surface area contributed by atoms with Crippen LogP contribution in [0.1, 0.15) is 16.1 Å². The second-order valence-electron chi connectivity index (χ2n) is 6.50. The number of benzene rings is 2. The minimum Gasteiger partial charge on any atom is -0.478 e. The molecule has 2 heterocycles. The summed E-state index contributed by atoms with van der Waals surface area (Å²) in [7, 11) is 0. The van der Waals surface area contributed by atoms with E-state index < -0.39 is 5.97 Å². The van der Waals surface area contributed by atoms with Gasteiger partial charge < -0.3 is 14.8 Å². The maximum Gasteiger partial charge on any atom is 0.335 e. The number of thioether (sulfide) groups is 1. The molecule has 11 heteroatoms. The number of nitrogens with one attached hydrogen (secondary N) is 1. The predicted molar refractivity (Wildman–Crippen MR) is 125 cm³/mol. The van der Waals surface area contributed by atoms with Crippen molar-refractivity contribution < 1.29 is 14.3 Å². The average molecular weight is 492 g/mol. The minimum atomic E-state index is -1.01. The van der Waals surface area contributed by atoms with Crippen molar-refractivity contribution in [3.05, 3.63) is 77.0 Å². The van der Waals surface area contributed by atoms with Crippen molar-refractivity contribution in [1.29, 1.82) is 0 Å². The summed E-state index contributed by atoms with van der Waals surface area (Å²) in [4.78, 5) is 11.2. The molecule has 0 amide bonds. The van der Waals surface area contributed by atoms with Gasteiger partial charge in [-0.1, -0.05) is 41.6 Å². The number of para-hydroxylation sites is 1. The molecule has 2 aromatic heterocycles.